The molecule has 0 spiro atoms. The molecule has 226 valence electrons. The normalized spacial score (nSPS) is 13.4. The molecule has 3 heterocycles. The summed E-state index contributed by atoms with van der Waals surface area (Å²) in [5.41, 5.74) is 11.2. The Morgan fingerprint density at radius 2 is 1.38 bits per heavy atom. The lowest BCUT2D eigenvalue weighted by Gasteiger charge is -2.26. The first-order chi connectivity index (χ1) is 21.6. The van der Waals surface area contributed by atoms with E-state index >= 15 is 0 Å². The Morgan fingerprint density at radius 1 is 0.667 bits per heavy atom. The molecule has 2 aromatic heterocycles. The zero-order valence-electron chi connectivity index (χ0n) is 27.2. The van der Waals surface area contributed by atoms with Gasteiger partial charge in [-0.05, 0) is 103 Å². The Kier molecular flexibility index (Phi) is 6.92. The number of hydrogen-bond donors (Lipinski definition) is 0. The van der Waals surface area contributed by atoms with Crippen molar-refractivity contribution in [1.29, 1.82) is 0 Å². The van der Waals surface area contributed by atoms with Gasteiger partial charge in [0, 0.05) is 52.9 Å². The van der Waals surface area contributed by atoms with E-state index in [0.29, 0.717) is 0 Å². The lowest BCUT2D eigenvalue weighted by atomic mass is 9.88. The summed E-state index contributed by atoms with van der Waals surface area (Å²) < 4.78 is 8.79. The number of fused-ring (bicyclic) bond motifs is 3. The van der Waals surface area contributed by atoms with E-state index in [1.807, 2.05) is 12.3 Å². The standard InChI is InChI=1S/C40H40N4O/c1-26-21-27(2)29(4)39(28(26)3)43-20-19-42(25-43)31-11-10-12-32(23-31)45-33-15-16-35-34-13-8-9-14-36(34)44(37(35)24-33)38-22-30(17-18-41-38)40(5,6)7/h8-24H,25H2,1-7H3. The largest absolute Gasteiger partial charge is 0.457 e. The molecule has 45 heavy (non-hydrogen) atoms. The number of aryl methyl sites for hydroxylation is 2. The fourth-order valence-corrected chi connectivity index (χ4v) is 6.49. The van der Waals surface area contributed by atoms with Crippen molar-refractivity contribution >= 4 is 33.2 Å². The number of ether oxygens (including phenoxy) is 1. The summed E-state index contributed by atoms with van der Waals surface area (Å²) >= 11 is 0. The second-order valence-corrected chi connectivity index (χ2v) is 13.3. The van der Waals surface area contributed by atoms with Crippen LogP contribution in [-0.2, 0) is 5.41 Å². The molecule has 0 bridgehead atoms. The molecule has 1 aliphatic heterocycles. The number of anilines is 2. The van der Waals surface area contributed by atoms with Crippen molar-refractivity contribution in [2.45, 2.75) is 53.9 Å². The summed E-state index contributed by atoms with van der Waals surface area (Å²) in [7, 11) is 0. The minimum atomic E-state index is 0.0218. The molecule has 0 radical (unpaired) electrons. The molecule has 0 unspecified atom stereocenters. The van der Waals surface area contributed by atoms with Gasteiger partial charge < -0.3 is 14.5 Å². The fourth-order valence-electron chi connectivity index (χ4n) is 6.49. The highest BCUT2D eigenvalue weighted by molar-refractivity contribution is 6.09. The number of para-hydroxylation sites is 1. The van der Waals surface area contributed by atoms with Gasteiger partial charge in [0.2, 0.25) is 0 Å². The van der Waals surface area contributed by atoms with Gasteiger partial charge in [-0.1, -0.05) is 51.1 Å². The van der Waals surface area contributed by atoms with Crippen LogP contribution in [0.4, 0.5) is 11.4 Å². The van der Waals surface area contributed by atoms with E-state index < -0.39 is 0 Å². The van der Waals surface area contributed by atoms with E-state index in [2.05, 4.69) is 154 Å². The van der Waals surface area contributed by atoms with Crippen molar-refractivity contribution < 1.29 is 4.74 Å². The van der Waals surface area contributed by atoms with Gasteiger partial charge in [0.15, 0.2) is 0 Å². The maximum Gasteiger partial charge on any atom is 0.137 e. The van der Waals surface area contributed by atoms with Crippen molar-refractivity contribution in [1.82, 2.24) is 9.55 Å². The first-order valence-electron chi connectivity index (χ1n) is 15.7. The highest BCUT2D eigenvalue weighted by Gasteiger charge is 2.21. The molecule has 0 saturated heterocycles. The summed E-state index contributed by atoms with van der Waals surface area (Å²) in [5.74, 6) is 2.50. The molecule has 0 aliphatic carbocycles. The number of hydrogen-bond acceptors (Lipinski definition) is 4. The maximum atomic E-state index is 6.53. The molecular weight excluding hydrogens is 552 g/mol. The van der Waals surface area contributed by atoms with E-state index in [9.17, 15) is 0 Å². The quantitative estimate of drug-likeness (QED) is 0.199. The van der Waals surface area contributed by atoms with Crippen molar-refractivity contribution in [2.75, 3.05) is 16.5 Å². The SMILES string of the molecule is Cc1cc(C)c(C)c(N2C=CN(c3cccc(Oc4ccc5c6ccccc6n(-c6cc(C(C)(C)C)ccn6)c5c4)c3)C2)c1C. The Hall–Kier alpha value is -5.03. The van der Waals surface area contributed by atoms with Crippen LogP contribution in [0.3, 0.4) is 0 Å². The number of aromatic nitrogens is 2. The maximum absolute atomic E-state index is 6.53. The van der Waals surface area contributed by atoms with Crippen molar-refractivity contribution in [3.63, 3.8) is 0 Å². The Morgan fingerprint density at radius 3 is 2.16 bits per heavy atom. The Labute approximate surface area is 266 Å². The molecule has 4 aromatic carbocycles. The van der Waals surface area contributed by atoms with Crippen LogP contribution in [0.1, 0.15) is 48.6 Å². The van der Waals surface area contributed by atoms with Crippen LogP contribution in [0.5, 0.6) is 11.5 Å². The van der Waals surface area contributed by atoms with Gasteiger partial charge in [-0.2, -0.15) is 0 Å². The molecule has 0 N–H and O–H groups in total. The van der Waals surface area contributed by atoms with Gasteiger partial charge in [-0.15, -0.1) is 0 Å². The van der Waals surface area contributed by atoms with Crippen molar-refractivity contribution in [3.8, 4) is 17.3 Å². The molecule has 0 saturated carbocycles. The average molecular weight is 593 g/mol. The third-order valence-corrected chi connectivity index (χ3v) is 9.22. The first kappa shape index (κ1) is 28.7. The highest BCUT2D eigenvalue weighted by atomic mass is 16.5. The average Bonchev–Trinajstić information content (AvgIpc) is 3.63. The summed E-state index contributed by atoms with van der Waals surface area (Å²) in [6.45, 7) is 16.3. The first-order valence-corrected chi connectivity index (χ1v) is 15.7. The van der Waals surface area contributed by atoms with Crippen LogP contribution >= 0.6 is 0 Å². The second-order valence-electron chi connectivity index (χ2n) is 13.3. The van der Waals surface area contributed by atoms with Crippen LogP contribution in [-0.4, -0.2) is 16.2 Å². The molecule has 0 amide bonds. The zero-order chi connectivity index (χ0) is 31.5. The minimum Gasteiger partial charge on any atom is -0.457 e. The Bertz CT molecular complexity index is 2090. The predicted octanol–water partition coefficient (Wildman–Crippen LogP) is 10.3. The molecule has 5 heteroatoms. The van der Waals surface area contributed by atoms with E-state index in [1.54, 1.807) is 0 Å². The van der Waals surface area contributed by atoms with Crippen LogP contribution in [0.2, 0.25) is 0 Å². The molecule has 0 fully saturated rings. The van der Waals surface area contributed by atoms with Crippen molar-refractivity contribution in [3.05, 3.63) is 131 Å². The van der Waals surface area contributed by atoms with Crippen LogP contribution < -0.4 is 14.5 Å². The van der Waals surface area contributed by atoms with Crippen LogP contribution in [0.15, 0.2) is 104 Å². The van der Waals surface area contributed by atoms with Crippen molar-refractivity contribution in [2.24, 2.45) is 0 Å². The van der Waals surface area contributed by atoms with E-state index in [4.69, 9.17) is 9.72 Å². The van der Waals surface area contributed by atoms with E-state index in [1.165, 1.54) is 44.3 Å². The minimum absolute atomic E-state index is 0.0218. The number of rotatable bonds is 5. The second kappa shape index (κ2) is 10.8. The summed E-state index contributed by atoms with van der Waals surface area (Å²) in [6.07, 6.45) is 6.25. The zero-order valence-corrected chi connectivity index (χ0v) is 27.2. The van der Waals surface area contributed by atoms with E-state index in [-0.39, 0.29) is 5.41 Å². The van der Waals surface area contributed by atoms with Gasteiger partial charge >= 0.3 is 0 Å². The van der Waals surface area contributed by atoms with Crippen LogP contribution in [0.25, 0.3) is 27.6 Å². The molecule has 1 aliphatic rings. The number of nitrogens with zero attached hydrogens (tertiary/aromatic N) is 4. The van der Waals surface area contributed by atoms with Gasteiger partial charge in [0.05, 0.1) is 17.7 Å². The Balaban J connectivity index is 1.21. The summed E-state index contributed by atoms with van der Waals surface area (Å²) in [6, 6.07) is 29.8. The monoisotopic (exact) mass is 592 g/mol. The molecular formula is C40H40N4O. The van der Waals surface area contributed by atoms with Gasteiger partial charge in [-0.3, -0.25) is 4.57 Å². The lowest BCUT2D eigenvalue weighted by molar-refractivity contribution is 0.483. The van der Waals surface area contributed by atoms with E-state index in [0.717, 1.165) is 40.7 Å². The third-order valence-electron chi connectivity index (χ3n) is 9.22. The van der Waals surface area contributed by atoms with Crippen LogP contribution in [0, 0.1) is 27.7 Å². The summed E-state index contributed by atoms with van der Waals surface area (Å²) in [4.78, 5) is 9.42. The number of benzene rings is 4. The third kappa shape index (κ3) is 5.12. The van der Waals surface area contributed by atoms with Gasteiger partial charge in [0.1, 0.15) is 17.3 Å². The van der Waals surface area contributed by atoms with Gasteiger partial charge in [-0.25, -0.2) is 4.98 Å². The van der Waals surface area contributed by atoms with Gasteiger partial charge in [0.25, 0.3) is 0 Å². The predicted molar refractivity (Wildman–Crippen MR) is 188 cm³/mol. The highest BCUT2D eigenvalue weighted by Crippen LogP contribution is 2.37. The molecule has 6 aromatic rings. The number of pyridine rings is 1. The molecule has 5 nitrogen and oxygen atoms in total. The summed E-state index contributed by atoms with van der Waals surface area (Å²) in [5, 5.41) is 2.37. The smallest absolute Gasteiger partial charge is 0.137 e. The fraction of sp³-hybridized carbons (Fsp3) is 0.225. The molecule has 0 atom stereocenters. The molecule has 7 rings (SSSR count). The lowest BCUT2D eigenvalue weighted by Crippen LogP contribution is -2.26. The topological polar surface area (TPSA) is 33.5 Å².